The lowest BCUT2D eigenvalue weighted by atomic mass is 10.1. The summed E-state index contributed by atoms with van der Waals surface area (Å²) in [4.78, 5) is 15.5. The number of aryl methyl sites for hydroxylation is 1. The number of aromatic amines is 1. The second kappa shape index (κ2) is 5.69. The van der Waals surface area contributed by atoms with E-state index in [1.807, 2.05) is 0 Å². The first-order valence-corrected chi connectivity index (χ1v) is 6.82. The Kier molecular flexibility index (Phi) is 3.58. The van der Waals surface area contributed by atoms with Crippen molar-refractivity contribution in [2.24, 2.45) is 0 Å². The number of fused-ring (bicyclic) bond motifs is 1. The van der Waals surface area contributed by atoms with Crippen molar-refractivity contribution < 1.29 is 0 Å². The zero-order chi connectivity index (χ0) is 13.8. The third-order valence-corrected chi connectivity index (χ3v) is 3.21. The number of hydrogen-bond donors (Lipinski definition) is 2. The number of aromatic nitrogens is 4. The minimum absolute atomic E-state index is 0.683. The van der Waals surface area contributed by atoms with E-state index in [0.717, 1.165) is 30.7 Å². The molecule has 0 spiro atoms. The summed E-state index contributed by atoms with van der Waals surface area (Å²) in [7, 11) is 0. The van der Waals surface area contributed by atoms with E-state index in [9.17, 15) is 0 Å². The molecule has 1 aromatic carbocycles. The summed E-state index contributed by atoms with van der Waals surface area (Å²) < 4.78 is 0. The first-order valence-electron chi connectivity index (χ1n) is 6.82. The fraction of sp³-hybridized carbons (Fsp3) is 0.267. The first-order chi connectivity index (χ1) is 9.86. The lowest BCUT2D eigenvalue weighted by Crippen LogP contribution is -2.03. The fourth-order valence-corrected chi connectivity index (χ4v) is 2.27. The highest BCUT2D eigenvalue weighted by Crippen LogP contribution is 2.16. The molecule has 102 valence electrons. The fourth-order valence-electron chi connectivity index (χ4n) is 2.27. The van der Waals surface area contributed by atoms with E-state index in [1.165, 1.54) is 17.5 Å². The normalized spacial score (nSPS) is 10.8. The van der Waals surface area contributed by atoms with Crippen molar-refractivity contribution in [1.29, 1.82) is 0 Å². The van der Waals surface area contributed by atoms with Crippen LogP contribution in [0.25, 0.3) is 11.2 Å². The molecular formula is C15H17N5. The van der Waals surface area contributed by atoms with Crippen LogP contribution >= 0.6 is 0 Å². The van der Waals surface area contributed by atoms with Crippen molar-refractivity contribution in [3.05, 3.63) is 48.0 Å². The summed E-state index contributed by atoms with van der Waals surface area (Å²) in [5.74, 6) is 0.786. The summed E-state index contributed by atoms with van der Waals surface area (Å²) in [6, 6.07) is 8.64. The third kappa shape index (κ3) is 2.61. The summed E-state index contributed by atoms with van der Waals surface area (Å²) in [5.41, 5.74) is 4.16. The Morgan fingerprint density at radius 1 is 1.15 bits per heavy atom. The van der Waals surface area contributed by atoms with Crippen molar-refractivity contribution in [3.63, 3.8) is 0 Å². The molecule has 2 aromatic heterocycles. The Balaban J connectivity index is 1.76. The minimum Gasteiger partial charge on any atom is -0.364 e. The Bertz CT molecular complexity index is 704. The van der Waals surface area contributed by atoms with Crippen molar-refractivity contribution >= 4 is 17.0 Å². The number of H-pyrrole nitrogens is 1. The van der Waals surface area contributed by atoms with Crippen LogP contribution in [0.1, 0.15) is 24.5 Å². The molecule has 0 aliphatic rings. The van der Waals surface area contributed by atoms with Gasteiger partial charge in [-0.3, -0.25) is 0 Å². The molecule has 2 heterocycles. The molecule has 3 rings (SSSR count). The SMILES string of the molecule is CCCc1cccc(CNc2ncnc3nc[nH]c23)c1. The van der Waals surface area contributed by atoms with E-state index in [1.54, 1.807) is 6.33 Å². The molecule has 0 fully saturated rings. The van der Waals surface area contributed by atoms with Crippen LogP contribution in [0.5, 0.6) is 0 Å². The number of hydrogen-bond acceptors (Lipinski definition) is 4. The zero-order valence-electron chi connectivity index (χ0n) is 11.4. The lowest BCUT2D eigenvalue weighted by Gasteiger charge is -2.07. The second-order valence-corrected chi connectivity index (χ2v) is 4.75. The average Bonchev–Trinajstić information content (AvgIpc) is 2.95. The molecule has 0 unspecified atom stereocenters. The molecule has 0 atom stereocenters. The van der Waals surface area contributed by atoms with E-state index in [2.05, 4.69) is 56.4 Å². The van der Waals surface area contributed by atoms with Crippen molar-refractivity contribution in [1.82, 2.24) is 19.9 Å². The van der Waals surface area contributed by atoms with Crippen LogP contribution in [0.15, 0.2) is 36.9 Å². The molecule has 0 saturated carbocycles. The average molecular weight is 267 g/mol. The molecule has 0 aliphatic heterocycles. The van der Waals surface area contributed by atoms with Crippen LogP contribution in [-0.2, 0) is 13.0 Å². The van der Waals surface area contributed by atoms with E-state index >= 15 is 0 Å². The number of imidazole rings is 1. The van der Waals surface area contributed by atoms with Crippen molar-refractivity contribution in [2.45, 2.75) is 26.3 Å². The monoisotopic (exact) mass is 267 g/mol. The van der Waals surface area contributed by atoms with Gasteiger partial charge in [-0.25, -0.2) is 15.0 Å². The standard InChI is InChI=1S/C15H17N5/c1-2-4-11-5-3-6-12(7-11)8-16-14-13-15(18-9-17-13)20-10-19-14/h3,5-7,9-10H,2,4,8H2,1H3,(H2,16,17,18,19,20). The van der Waals surface area contributed by atoms with Gasteiger partial charge < -0.3 is 10.3 Å². The summed E-state index contributed by atoms with van der Waals surface area (Å²) in [5, 5.41) is 3.34. The van der Waals surface area contributed by atoms with Gasteiger partial charge in [0.15, 0.2) is 11.5 Å². The predicted molar refractivity (Wildman–Crippen MR) is 79.4 cm³/mol. The van der Waals surface area contributed by atoms with Crippen LogP contribution < -0.4 is 5.32 Å². The van der Waals surface area contributed by atoms with Gasteiger partial charge in [0.2, 0.25) is 0 Å². The zero-order valence-corrected chi connectivity index (χ0v) is 11.4. The maximum absolute atomic E-state index is 4.26. The highest BCUT2D eigenvalue weighted by atomic mass is 15.1. The van der Waals surface area contributed by atoms with Crippen molar-refractivity contribution in [3.8, 4) is 0 Å². The van der Waals surface area contributed by atoms with Gasteiger partial charge in [0.1, 0.15) is 11.8 Å². The van der Waals surface area contributed by atoms with Gasteiger partial charge >= 0.3 is 0 Å². The molecule has 20 heavy (non-hydrogen) atoms. The largest absolute Gasteiger partial charge is 0.364 e. The third-order valence-electron chi connectivity index (χ3n) is 3.21. The van der Waals surface area contributed by atoms with Gasteiger partial charge in [0, 0.05) is 6.54 Å². The molecule has 0 bridgehead atoms. The summed E-state index contributed by atoms with van der Waals surface area (Å²) in [6.07, 6.45) is 5.44. The highest BCUT2D eigenvalue weighted by molar-refractivity contribution is 5.81. The van der Waals surface area contributed by atoms with E-state index in [-0.39, 0.29) is 0 Å². The maximum atomic E-state index is 4.26. The predicted octanol–water partition coefficient (Wildman–Crippen LogP) is 2.92. The van der Waals surface area contributed by atoms with Crippen LogP contribution in [-0.4, -0.2) is 19.9 Å². The Labute approximate surface area is 117 Å². The molecular weight excluding hydrogens is 250 g/mol. The topological polar surface area (TPSA) is 66.5 Å². The first kappa shape index (κ1) is 12.6. The summed E-state index contributed by atoms with van der Waals surface area (Å²) in [6.45, 7) is 2.93. The second-order valence-electron chi connectivity index (χ2n) is 4.75. The van der Waals surface area contributed by atoms with E-state index < -0.39 is 0 Å². The highest BCUT2D eigenvalue weighted by Gasteiger charge is 2.05. The Hall–Kier alpha value is -2.43. The minimum atomic E-state index is 0.683. The molecule has 0 amide bonds. The molecule has 3 aromatic rings. The molecule has 0 saturated heterocycles. The van der Waals surface area contributed by atoms with E-state index in [0.29, 0.717) is 5.65 Å². The van der Waals surface area contributed by atoms with E-state index in [4.69, 9.17) is 0 Å². The van der Waals surface area contributed by atoms with Crippen LogP contribution in [0.2, 0.25) is 0 Å². The Morgan fingerprint density at radius 2 is 2.05 bits per heavy atom. The Morgan fingerprint density at radius 3 is 2.95 bits per heavy atom. The lowest BCUT2D eigenvalue weighted by molar-refractivity contribution is 0.917. The summed E-state index contributed by atoms with van der Waals surface area (Å²) >= 11 is 0. The van der Waals surface area contributed by atoms with Gasteiger partial charge in [-0.05, 0) is 17.5 Å². The number of rotatable bonds is 5. The van der Waals surface area contributed by atoms with Crippen LogP contribution in [0, 0.1) is 0 Å². The van der Waals surface area contributed by atoms with Gasteiger partial charge in [0.05, 0.1) is 6.33 Å². The molecule has 2 N–H and O–H groups in total. The quantitative estimate of drug-likeness (QED) is 0.746. The number of benzene rings is 1. The van der Waals surface area contributed by atoms with Gasteiger partial charge in [-0.2, -0.15) is 0 Å². The number of anilines is 1. The molecule has 5 nitrogen and oxygen atoms in total. The van der Waals surface area contributed by atoms with Gasteiger partial charge in [-0.1, -0.05) is 37.6 Å². The van der Waals surface area contributed by atoms with Crippen molar-refractivity contribution in [2.75, 3.05) is 5.32 Å². The number of nitrogens with one attached hydrogen (secondary N) is 2. The molecule has 0 aliphatic carbocycles. The van der Waals surface area contributed by atoms with Crippen LogP contribution in [0.3, 0.4) is 0 Å². The molecule has 0 radical (unpaired) electrons. The molecule has 5 heteroatoms. The van der Waals surface area contributed by atoms with Gasteiger partial charge in [0.25, 0.3) is 0 Å². The number of nitrogens with zero attached hydrogens (tertiary/aromatic N) is 3. The maximum Gasteiger partial charge on any atom is 0.182 e. The van der Waals surface area contributed by atoms with Gasteiger partial charge in [-0.15, -0.1) is 0 Å². The smallest absolute Gasteiger partial charge is 0.182 e. The van der Waals surface area contributed by atoms with Crippen LogP contribution in [0.4, 0.5) is 5.82 Å².